The number of anilines is 1. The average Bonchev–Trinajstić information content (AvgIpc) is 3.04. The molecule has 1 aromatic heterocycles. The summed E-state index contributed by atoms with van der Waals surface area (Å²) in [4.78, 5) is 22.3. The molecular weight excluding hydrogens is 324 g/mol. The fourth-order valence-corrected chi connectivity index (χ4v) is 2.91. The molecule has 3 aromatic rings. The number of amides is 1. The normalized spacial score (nSPS) is 11.2. The van der Waals surface area contributed by atoms with Gasteiger partial charge in [-0.2, -0.15) is 0 Å². The van der Waals surface area contributed by atoms with E-state index in [1.165, 1.54) is 0 Å². The lowest BCUT2D eigenvalue weighted by atomic mass is 10.1. The Kier molecular flexibility index (Phi) is 5.68. The number of H-pyrrole nitrogens is 1. The SMILES string of the molecule is Cc1ccc(C)c(NC(=O)CCN(C)CCc2nc3ccccc3[nH]2)c1. The van der Waals surface area contributed by atoms with Crippen molar-refractivity contribution in [3.8, 4) is 0 Å². The number of carbonyl (C=O) groups excluding carboxylic acids is 1. The molecule has 0 saturated carbocycles. The zero-order valence-corrected chi connectivity index (χ0v) is 15.7. The van der Waals surface area contributed by atoms with Crippen molar-refractivity contribution in [1.29, 1.82) is 0 Å². The third-order valence-electron chi connectivity index (χ3n) is 4.56. The molecule has 1 amide bonds. The van der Waals surface area contributed by atoms with Crippen LogP contribution in [0, 0.1) is 13.8 Å². The summed E-state index contributed by atoms with van der Waals surface area (Å²) in [6.45, 7) is 5.61. The van der Waals surface area contributed by atoms with Gasteiger partial charge in [-0.15, -0.1) is 0 Å². The van der Waals surface area contributed by atoms with Gasteiger partial charge in [-0.25, -0.2) is 4.98 Å². The van der Waals surface area contributed by atoms with Gasteiger partial charge in [-0.3, -0.25) is 4.79 Å². The quantitative estimate of drug-likeness (QED) is 0.683. The summed E-state index contributed by atoms with van der Waals surface area (Å²) in [5, 5.41) is 3.01. The van der Waals surface area contributed by atoms with Crippen LogP contribution in [-0.4, -0.2) is 40.9 Å². The predicted octanol–water partition coefficient (Wildman–Crippen LogP) is 3.68. The summed E-state index contributed by atoms with van der Waals surface area (Å²) in [5.74, 6) is 1.03. The Morgan fingerprint density at radius 2 is 1.96 bits per heavy atom. The topological polar surface area (TPSA) is 61.0 Å². The van der Waals surface area contributed by atoms with Gasteiger partial charge in [0.05, 0.1) is 11.0 Å². The Labute approximate surface area is 154 Å². The molecule has 136 valence electrons. The summed E-state index contributed by atoms with van der Waals surface area (Å²) in [7, 11) is 2.04. The van der Waals surface area contributed by atoms with Gasteiger partial charge in [0.1, 0.15) is 5.82 Å². The minimum Gasteiger partial charge on any atom is -0.342 e. The monoisotopic (exact) mass is 350 g/mol. The Hall–Kier alpha value is -2.66. The minimum absolute atomic E-state index is 0.0503. The van der Waals surface area contributed by atoms with Crippen LogP contribution < -0.4 is 5.32 Å². The number of likely N-dealkylation sites (N-methyl/N-ethyl adjacent to an activating group) is 1. The number of imidazole rings is 1. The summed E-state index contributed by atoms with van der Waals surface area (Å²) in [6, 6.07) is 14.1. The zero-order valence-electron chi connectivity index (χ0n) is 15.7. The van der Waals surface area contributed by atoms with Crippen LogP contribution in [-0.2, 0) is 11.2 Å². The van der Waals surface area contributed by atoms with E-state index < -0.39 is 0 Å². The molecule has 0 atom stereocenters. The molecule has 0 unspecified atom stereocenters. The maximum absolute atomic E-state index is 12.2. The lowest BCUT2D eigenvalue weighted by Gasteiger charge is -2.16. The molecule has 0 fully saturated rings. The van der Waals surface area contributed by atoms with Crippen LogP contribution in [0.3, 0.4) is 0 Å². The van der Waals surface area contributed by atoms with Crippen molar-refractivity contribution in [2.45, 2.75) is 26.7 Å². The number of aromatic nitrogens is 2. The maximum Gasteiger partial charge on any atom is 0.225 e. The number of hydrogen-bond acceptors (Lipinski definition) is 3. The van der Waals surface area contributed by atoms with E-state index in [0.29, 0.717) is 6.42 Å². The number of fused-ring (bicyclic) bond motifs is 1. The molecule has 0 radical (unpaired) electrons. The fraction of sp³-hybridized carbons (Fsp3) is 0.333. The fourth-order valence-electron chi connectivity index (χ4n) is 2.91. The Balaban J connectivity index is 1.45. The predicted molar refractivity (Wildman–Crippen MR) is 106 cm³/mol. The molecule has 0 aliphatic carbocycles. The lowest BCUT2D eigenvalue weighted by molar-refractivity contribution is -0.116. The van der Waals surface area contributed by atoms with Gasteiger partial charge < -0.3 is 15.2 Å². The summed E-state index contributed by atoms with van der Waals surface area (Å²) in [5.41, 5.74) is 5.20. The number of nitrogens with one attached hydrogen (secondary N) is 2. The molecule has 0 aliphatic heterocycles. The number of hydrogen-bond donors (Lipinski definition) is 2. The minimum atomic E-state index is 0.0503. The van der Waals surface area contributed by atoms with E-state index in [1.54, 1.807) is 0 Å². The first-order valence-corrected chi connectivity index (χ1v) is 9.00. The molecule has 0 saturated heterocycles. The van der Waals surface area contributed by atoms with E-state index >= 15 is 0 Å². The highest BCUT2D eigenvalue weighted by molar-refractivity contribution is 5.91. The van der Waals surface area contributed by atoms with Crippen LogP contribution in [0.2, 0.25) is 0 Å². The van der Waals surface area contributed by atoms with Gasteiger partial charge in [0.2, 0.25) is 5.91 Å². The van der Waals surface area contributed by atoms with Crippen LogP contribution in [0.15, 0.2) is 42.5 Å². The van der Waals surface area contributed by atoms with Gasteiger partial charge in [0.15, 0.2) is 0 Å². The Morgan fingerprint density at radius 3 is 2.77 bits per heavy atom. The molecule has 2 N–H and O–H groups in total. The Bertz CT molecular complexity index is 867. The molecule has 0 spiro atoms. The van der Waals surface area contributed by atoms with E-state index in [0.717, 1.165) is 53.2 Å². The van der Waals surface area contributed by atoms with Gasteiger partial charge in [-0.05, 0) is 50.2 Å². The third kappa shape index (κ3) is 4.70. The summed E-state index contributed by atoms with van der Waals surface area (Å²) in [6.07, 6.45) is 1.31. The summed E-state index contributed by atoms with van der Waals surface area (Å²) < 4.78 is 0. The zero-order chi connectivity index (χ0) is 18.5. The summed E-state index contributed by atoms with van der Waals surface area (Å²) >= 11 is 0. The average molecular weight is 350 g/mol. The highest BCUT2D eigenvalue weighted by Crippen LogP contribution is 2.16. The van der Waals surface area contributed by atoms with E-state index in [2.05, 4.69) is 26.3 Å². The number of nitrogens with zero attached hydrogens (tertiary/aromatic N) is 2. The van der Waals surface area contributed by atoms with E-state index in [4.69, 9.17) is 0 Å². The van der Waals surface area contributed by atoms with Crippen molar-refractivity contribution in [2.75, 3.05) is 25.5 Å². The number of aromatic amines is 1. The standard InChI is InChI=1S/C21H26N4O/c1-15-8-9-16(2)19(14-15)24-21(26)11-13-25(3)12-10-20-22-17-6-4-5-7-18(17)23-20/h4-9,14H,10-13H2,1-3H3,(H,22,23)(H,24,26). The molecule has 5 heteroatoms. The van der Waals surface area contributed by atoms with Crippen molar-refractivity contribution in [1.82, 2.24) is 14.9 Å². The van der Waals surface area contributed by atoms with Crippen LogP contribution in [0.1, 0.15) is 23.4 Å². The first-order chi connectivity index (χ1) is 12.5. The molecule has 3 rings (SSSR count). The maximum atomic E-state index is 12.2. The molecule has 26 heavy (non-hydrogen) atoms. The molecule has 1 heterocycles. The van der Waals surface area contributed by atoms with E-state index in [1.807, 2.05) is 57.3 Å². The lowest BCUT2D eigenvalue weighted by Crippen LogP contribution is -2.26. The molecule has 5 nitrogen and oxygen atoms in total. The van der Waals surface area contributed by atoms with Gasteiger partial charge in [-0.1, -0.05) is 24.3 Å². The number of carbonyl (C=O) groups is 1. The first kappa shape index (κ1) is 18.1. The van der Waals surface area contributed by atoms with Crippen LogP contribution in [0.5, 0.6) is 0 Å². The van der Waals surface area contributed by atoms with Crippen LogP contribution >= 0.6 is 0 Å². The second-order valence-electron chi connectivity index (χ2n) is 6.87. The van der Waals surface area contributed by atoms with Gasteiger partial charge in [0.25, 0.3) is 0 Å². The van der Waals surface area contributed by atoms with Gasteiger partial charge >= 0.3 is 0 Å². The number of para-hydroxylation sites is 2. The third-order valence-corrected chi connectivity index (χ3v) is 4.56. The second-order valence-corrected chi connectivity index (χ2v) is 6.87. The van der Waals surface area contributed by atoms with E-state index in [-0.39, 0.29) is 5.91 Å². The Morgan fingerprint density at radius 1 is 1.15 bits per heavy atom. The molecule has 2 aromatic carbocycles. The van der Waals surface area contributed by atoms with Gasteiger partial charge in [0, 0.05) is 31.6 Å². The molecule has 0 aliphatic rings. The van der Waals surface area contributed by atoms with E-state index in [9.17, 15) is 4.79 Å². The number of benzene rings is 2. The second kappa shape index (κ2) is 8.15. The van der Waals surface area contributed by atoms with Crippen molar-refractivity contribution in [3.63, 3.8) is 0 Å². The molecule has 0 bridgehead atoms. The van der Waals surface area contributed by atoms with Crippen LogP contribution in [0.4, 0.5) is 5.69 Å². The highest BCUT2D eigenvalue weighted by Gasteiger charge is 2.08. The highest BCUT2D eigenvalue weighted by atomic mass is 16.1. The first-order valence-electron chi connectivity index (χ1n) is 9.00. The van der Waals surface area contributed by atoms with Crippen molar-refractivity contribution >= 4 is 22.6 Å². The number of rotatable bonds is 7. The van der Waals surface area contributed by atoms with Crippen molar-refractivity contribution in [2.24, 2.45) is 0 Å². The van der Waals surface area contributed by atoms with Crippen LogP contribution in [0.25, 0.3) is 11.0 Å². The number of aryl methyl sites for hydroxylation is 2. The van der Waals surface area contributed by atoms with Crippen molar-refractivity contribution in [3.05, 3.63) is 59.4 Å². The molecular formula is C21H26N4O. The smallest absolute Gasteiger partial charge is 0.225 e. The van der Waals surface area contributed by atoms with Crippen molar-refractivity contribution < 1.29 is 4.79 Å². The largest absolute Gasteiger partial charge is 0.342 e.